The second-order valence-electron chi connectivity index (χ2n) is 3.74. The number of aromatic nitrogens is 2. The highest BCUT2D eigenvalue weighted by Crippen LogP contribution is 2.25. The van der Waals surface area contributed by atoms with Crippen LogP contribution in [0.25, 0.3) is 10.7 Å². The first-order valence-corrected chi connectivity index (χ1v) is 6.10. The quantitative estimate of drug-likeness (QED) is 0.868. The van der Waals surface area contributed by atoms with Gasteiger partial charge in [0.15, 0.2) is 5.82 Å². The number of nitrogens with one attached hydrogen (secondary N) is 1. The molecule has 2 aromatic heterocycles. The van der Waals surface area contributed by atoms with Crippen molar-refractivity contribution in [2.75, 3.05) is 0 Å². The standard InChI is InChI=1S/C12H14N2OS/c1-4-9-5-6-10(16-9)11-13-8(3)7(2)12(15)14-11/h5-6H,4H2,1-3H3,(H,13,14,15). The van der Waals surface area contributed by atoms with E-state index in [2.05, 4.69) is 23.0 Å². The van der Waals surface area contributed by atoms with Crippen LogP contribution in [0.5, 0.6) is 0 Å². The van der Waals surface area contributed by atoms with Gasteiger partial charge in [0.2, 0.25) is 0 Å². The number of thiophene rings is 1. The lowest BCUT2D eigenvalue weighted by Gasteiger charge is -2.01. The van der Waals surface area contributed by atoms with E-state index in [0.29, 0.717) is 11.4 Å². The maximum Gasteiger partial charge on any atom is 0.254 e. The van der Waals surface area contributed by atoms with Gasteiger partial charge in [-0.2, -0.15) is 0 Å². The monoisotopic (exact) mass is 234 g/mol. The van der Waals surface area contributed by atoms with Gasteiger partial charge in [-0.05, 0) is 32.4 Å². The largest absolute Gasteiger partial charge is 0.306 e. The average Bonchev–Trinajstić information content (AvgIpc) is 2.73. The maximum atomic E-state index is 11.6. The molecule has 0 amide bonds. The predicted molar refractivity (Wildman–Crippen MR) is 67.0 cm³/mol. The molecule has 0 unspecified atom stereocenters. The summed E-state index contributed by atoms with van der Waals surface area (Å²) in [6, 6.07) is 4.09. The lowest BCUT2D eigenvalue weighted by molar-refractivity contribution is 1.04. The number of aryl methyl sites for hydroxylation is 2. The van der Waals surface area contributed by atoms with Crippen LogP contribution in [0.15, 0.2) is 16.9 Å². The van der Waals surface area contributed by atoms with E-state index in [9.17, 15) is 4.79 Å². The van der Waals surface area contributed by atoms with Crippen molar-refractivity contribution in [3.05, 3.63) is 38.6 Å². The van der Waals surface area contributed by atoms with Crippen LogP contribution in [0, 0.1) is 13.8 Å². The van der Waals surface area contributed by atoms with Crippen LogP contribution in [-0.2, 0) is 6.42 Å². The number of rotatable bonds is 2. The summed E-state index contributed by atoms with van der Waals surface area (Å²) in [6.07, 6.45) is 1.01. The minimum Gasteiger partial charge on any atom is -0.306 e. The molecule has 0 aliphatic rings. The van der Waals surface area contributed by atoms with Crippen LogP contribution >= 0.6 is 11.3 Å². The van der Waals surface area contributed by atoms with Crippen LogP contribution in [0.2, 0.25) is 0 Å². The number of hydrogen-bond donors (Lipinski definition) is 1. The summed E-state index contributed by atoms with van der Waals surface area (Å²) in [4.78, 5) is 21.2. The predicted octanol–water partition coefficient (Wildman–Crippen LogP) is 2.68. The van der Waals surface area contributed by atoms with Crippen molar-refractivity contribution in [3.8, 4) is 10.7 Å². The van der Waals surface area contributed by atoms with E-state index in [1.54, 1.807) is 18.3 Å². The van der Waals surface area contributed by atoms with Gasteiger partial charge in [0.1, 0.15) is 0 Å². The van der Waals surface area contributed by atoms with Crippen LogP contribution in [0.1, 0.15) is 23.1 Å². The Balaban J connectivity index is 2.52. The molecule has 0 fully saturated rings. The Hall–Kier alpha value is -1.42. The molecule has 0 aliphatic carbocycles. The third-order valence-electron chi connectivity index (χ3n) is 2.64. The van der Waals surface area contributed by atoms with Crippen molar-refractivity contribution in [1.29, 1.82) is 0 Å². The van der Waals surface area contributed by atoms with Crippen molar-refractivity contribution in [2.45, 2.75) is 27.2 Å². The van der Waals surface area contributed by atoms with Gasteiger partial charge in [-0.15, -0.1) is 11.3 Å². The van der Waals surface area contributed by atoms with Crippen molar-refractivity contribution in [3.63, 3.8) is 0 Å². The Morgan fingerprint density at radius 2 is 2.12 bits per heavy atom. The normalized spacial score (nSPS) is 10.7. The van der Waals surface area contributed by atoms with E-state index in [1.165, 1.54) is 4.88 Å². The zero-order chi connectivity index (χ0) is 11.7. The molecule has 0 bridgehead atoms. The van der Waals surface area contributed by atoms with Gasteiger partial charge >= 0.3 is 0 Å². The molecule has 0 saturated heterocycles. The molecule has 0 radical (unpaired) electrons. The van der Waals surface area contributed by atoms with Crippen LogP contribution < -0.4 is 5.56 Å². The van der Waals surface area contributed by atoms with E-state index >= 15 is 0 Å². The summed E-state index contributed by atoms with van der Waals surface area (Å²) in [6.45, 7) is 5.77. The minimum atomic E-state index is -0.0473. The molecule has 0 aliphatic heterocycles. The van der Waals surface area contributed by atoms with Crippen LogP contribution in [0.4, 0.5) is 0 Å². The van der Waals surface area contributed by atoms with Crippen molar-refractivity contribution in [1.82, 2.24) is 9.97 Å². The zero-order valence-corrected chi connectivity index (χ0v) is 10.4. The van der Waals surface area contributed by atoms with Gasteiger partial charge in [-0.3, -0.25) is 4.79 Å². The second-order valence-corrected chi connectivity index (χ2v) is 4.91. The Morgan fingerprint density at radius 1 is 1.38 bits per heavy atom. The van der Waals surface area contributed by atoms with Crippen molar-refractivity contribution >= 4 is 11.3 Å². The Morgan fingerprint density at radius 3 is 2.69 bits per heavy atom. The highest BCUT2D eigenvalue weighted by Gasteiger charge is 2.07. The third kappa shape index (κ3) is 1.93. The van der Waals surface area contributed by atoms with Crippen LogP contribution in [0.3, 0.4) is 0 Å². The summed E-state index contributed by atoms with van der Waals surface area (Å²) in [5, 5.41) is 0. The van der Waals surface area contributed by atoms with Gasteiger partial charge in [0.05, 0.1) is 4.88 Å². The molecule has 0 aromatic carbocycles. The summed E-state index contributed by atoms with van der Waals surface area (Å²) in [5.74, 6) is 0.679. The van der Waals surface area contributed by atoms with Gasteiger partial charge in [-0.25, -0.2) is 4.98 Å². The summed E-state index contributed by atoms with van der Waals surface area (Å²) < 4.78 is 0. The molecule has 16 heavy (non-hydrogen) atoms. The fourth-order valence-electron chi connectivity index (χ4n) is 1.46. The molecule has 4 heteroatoms. The lowest BCUT2D eigenvalue weighted by atomic mass is 10.2. The zero-order valence-electron chi connectivity index (χ0n) is 9.63. The van der Waals surface area contributed by atoms with Crippen LogP contribution in [-0.4, -0.2) is 9.97 Å². The maximum absolute atomic E-state index is 11.6. The third-order valence-corrected chi connectivity index (χ3v) is 3.87. The first-order valence-electron chi connectivity index (χ1n) is 5.28. The van der Waals surface area contributed by atoms with E-state index in [1.807, 2.05) is 13.0 Å². The minimum absolute atomic E-state index is 0.0473. The molecule has 0 atom stereocenters. The molecule has 0 saturated carbocycles. The van der Waals surface area contributed by atoms with E-state index < -0.39 is 0 Å². The highest BCUT2D eigenvalue weighted by atomic mass is 32.1. The number of H-pyrrole nitrogens is 1. The first-order chi connectivity index (χ1) is 7.61. The second kappa shape index (κ2) is 4.22. The summed E-state index contributed by atoms with van der Waals surface area (Å²) >= 11 is 1.68. The van der Waals surface area contributed by atoms with E-state index in [4.69, 9.17) is 0 Å². The van der Waals surface area contributed by atoms with Gasteiger partial charge < -0.3 is 4.98 Å². The van der Waals surface area contributed by atoms with Crippen molar-refractivity contribution in [2.24, 2.45) is 0 Å². The smallest absolute Gasteiger partial charge is 0.254 e. The first kappa shape index (κ1) is 11.1. The Labute approximate surface area is 98.2 Å². The SMILES string of the molecule is CCc1ccc(-c2nc(C)c(C)c(=O)[nH]2)s1. The molecule has 3 nitrogen and oxygen atoms in total. The molecular weight excluding hydrogens is 220 g/mol. The average molecular weight is 234 g/mol. The van der Waals surface area contributed by atoms with E-state index in [-0.39, 0.29) is 5.56 Å². The molecule has 2 rings (SSSR count). The topological polar surface area (TPSA) is 45.8 Å². The van der Waals surface area contributed by atoms with Gasteiger partial charge in [-0.1, -0.05) is 6.92 Å². The highest BCUT2D eigenvalue weighted by molar-refractivity contribution is 7.15. The van der Waals surface area contributed by atoms with E-state index in [0.717, 1.165) is 17.0 Å². The van der Waals surface area contributed by atoms with Gasteiger partial charge in [0.25, 0.3) is 5.56 Å². The Kier molecular flexibility index (Phi) is 2.92. The number of aromatic amines is 1. The number of hydrogen-bond acceptors (Lipinski definition) is 3. The summed E-state index contributed by atoms with van der Waals surface area (Å²) in [5.41, 5.74) is 1.44. The molecule has 2 heterocycles. The molecular formula is C12H14N2OS. The summed E-state index contributed by atoms with van der Waals surface area (Å²) in [7, 11) is 0. The molecule has 0 spiro atoms. The Bertz CT molecular complexity index is 569. The van der Waals surface area contributed by atoms with Crippen molar-refractivity contribution < 1.29 is 0 Å². The fourth-order valence-corrected chi connectivity index (χ4v) is 2.35. The molecule has 2 aromatic rings. The fraction of sp³-hybridized carbons (Fsp3) is 0.333. The van der Waals surface area contributed by atoms with Gasteiger partial charge in [0, 0.05) is 16.1 Å². The molecule has 84 valence electrons. The number of nitrogens with zero attached hydrogens (tertiary/aromatic N) is 1. The lowest BCUT2D eigenvalue weighted by Crippen LogP contribution is -2.13. The molecule has 1 N–H and O–H groups in total.